The fourth-order valence-corrected chi connectivity index (χ4v) is 7.40. The van der Waals surface area contributed by atoms with Crippen molar-refractivity contribution < 1.29 is 84.3 Å². The smallest absolute Gasteiger partial charge is 0.337 e. The van der Waals surface area contributed by atoms with Gasteiger partial charge in [-0.1, -0.05) is 0 Å². The lowest BCUT2D eigenvalue weighted by Gasteiger charge is -2.09. The van der Waals surface area contributed by atoms with E-state index >= 15 is 0 Å². The first-order valence-electron chi connectivity index (χ1n) is 18.4. The van der Waals surface area contributed by atoms with E-state index in [1.807, 2.05) is 0 Å². The molecule has 0 fully saturated rings. The number of hydrogen-bond donors (Lipinski definition) is 11. The number of allylic oxidation sites excluding steroid dienone is 2. The van der Waals surface area contributed by atoms with Gasteiger partial charge in [0.1, 0.15) is 0 Å². The van der Waals surface area contributed by atoms with Crippen molar-refractivity contribution in [2.75, 3.05) is 0 Å². The fraction of sp³-hybridized carbons (Fsp3) is 0.300. The van der Waals surface area contributed by atoms with Gasteiger partial charge in [-0.05, 0) is 88.9 Å². The molecule has 2 aliphatic heterocycles. The summed E-state index contributed by atoms with van der Waals surface area (Å²) in [7, 11) is 0. The van der Waals surface area contributed by atoms with E-state index in [0.29, 0.717) is 0 Å². The Morgan fingerprint density at radius 2 is 0.803 bits per heavy atom. The Kier molecular flexibility index (Phi) is 13.5. The highest BCUT2D eigenvalue weighted by Gasteiger charge is 2.30. The lowest BCUT2D eigenvalue weighted by molar-refractivity contribution is -0.147. The topological polar surface area (TPSA) is 376 Å². The molecule has 0 radical (unpaired) electrons. The summed E-state index contributed by atoms with van der Waals surface area (Å²) in [6, 6.07) is 5.05. The number of aliphatic hydroxyl groups is 1. The molecule has 5 rings (SSSR count). The second kappa shape index (κ2) is 18.5. The monoisotopic (exact) mass is 846 g/mol. The van der Waals surface area contributed by atoms with Crippen LogP contribution in [0, 0.1) is 0 Å². The normalized spacial score (nSPS) is 12.9. The van der Waals surface area contributed by atoms with Crippen molar-refractivity contribution in [3.05, 3.63) is 69.3 Å². The van der Waals surface area contributed by atoms with E-state index in [9.17, 15) is 84.3 Å². The van der Waals surface area contributed by atoms with Gasteiger partial charge in [-0.25, -0.2) is 14.8 Å². The maximum Gasteiger partial charge on any atom is 0.337 e. The summed E-state index contributed by atoms with van der Waals surface area (Å²) >= 11 is 0. The second-order valence-corrected chi connectivity index (χ2v) is 14.0. The van der Waals surface area contributed by atoms with Crippen LogP contribution in [0.4, 0.5) is 0 Å². The van der Waals surface area contributed by atoms with E-state index < -0.39 is 105 Å². The standard InChI is InChI=1S/C40H38N4O17/c45-31(46)5-1-16-20(9-35(53)54)27-12-24-17(2-6-32(47)48)21(10-36(55)56)29(42-24)14-26-19(4-8-34(51)52)38(39(59)40(60)61)30(44-26)15-25-18(3-7-33(49)50)22(11-37(57)58)28(43-25)13-23(16)41-27/h12-15,39,42,44,59H,1-11H2,(H,45,46)(H,47,48)(H,49,50)(H,51,52)(H,53,54)(H,55,56)(H,57,58)(H,60,61). The number of aliphatic carboxylic acids is 8. The number of rotatable bonds is 20. The van der Waals surface area contributed by atoms with Crippen molar-refractivity contribution in [1.82, 2.24) is 19.9 Å². The summed E-state index contributed by atoms with van der Waals surface area (Å²) in [6.07, 6.45) is -8.07. The largest absolute Gasteiger partial charge is 0.481 e. The van der Waals surface area contributed by atoms with Gasteiger partial charge in [0, 0.05) is 53.3 Å². The molecule has 21 heteroatoms. The Hall–Kier alpha value is -7.68. The minimum absolute atomic E-state index is 0.00860. The average molecular weight is 847 g/mol. The highest BCUT2D eigenvalue weighted by Crippen LogP contribution is 2.41. The molecule has 320 valence electrons. The van der Waals surface area contributed by atoms with E-state index in [-0.39, 0.29) is 109 Å². The summed E-state index contributed by atoms with van der Waals surface area (Å²) in [6.45, 7) is 0. The highest BCUT2D eigenvalue weighted by molar-refractivity contribution is 6.03. The minimum atomic E-state index is -2.33. The Morgan fingerprint density at radius 3 is 1.28 bits per heavy atom. The third-order valence-corrected chi connectivity index (χ3v) is 9.91. The molecule has 1 unspecified atom stereocenters. The molecule has 5 heterocycles. The highest BCUT2D eigenvalue weighted by atomic mass is 16.4. The molecule has 0 aromatic carbocycles. The van der Waals surface area contributed by atoms with Crippen LogP contribution in [0.15, 0.2) is 24.3 Å². The molecule has 0 saturated heterocycles. The number of aryl methyl sites for hydroxylation is 2. The maximum absolute atomic E-state index is 12.4. The number of aliphatic hydroxyl groups excluding tert-OH is 1. The molecule has 3 aromatic heterocycles. The zero-order valence-corrected chi connectivity index (χ0v) is 31.9. The summed E-state index contributed by atoms with van der Waals surface area (Å²) in [4.78, 5) is 112. The SMILES string of the molecule is O=C(O)CCC1=C(CC(=O)O)c2cc3nc(cc4[nH]c(cc5[nH]c(cc1n2)c(C(O)C(=O)O)c5CCC(=O)O)c(CC(=O)O)c4CCC(=O)O)C(CC(=O)O)=C3CCC(=O)O. The number of carboxylic acid groups (broad SMARTS) is 8. The molecule has 1 atom stereocenters. The van der Waals surface area contributed by atoms with Gasteiger partial charge in [-0.15, -0.1) is 0 Å². The Labute approximate surface area is 342 Å². The van der Waals surface area contributed by atoms with Crippen LogP contribution in [0.5, 0.6) is 0 Å². The van der Waals surface area contributed by atoms with Gasteiger partial charge < -0.3 is 55.9 Å². The van der Waals surface area contributed by atoms with Crippen molar-refractivity contribution in [3.63, 3.8) is 0 Å². The summed E-state index contributed by atoms with van der Waals surface area (Å²) in [5, 5.41) is 89.8. The number of nitrogens with zero attached hydrogens (tertiary/aromatic N) is 2. The van der Waals surface area contributed by atoms with Gasteiger partial charge >= 0.3 is 47.8 Å². The number of nitrogens with one attached hydrogen (secondary N) is 2. The first-order chi connectivity index (χ1) is 28.7. The van der Waals surface area contributed by atoms with Crippen LogP contribution in [-0.4, -0.2) is 114 Å². The molecule has 0 amide bonds. The van der Waals surface area contributed by atoms with Gasteiger partial charge in [0.05, 0.1) is 42.0 Å². The molecule has 0 saturated carbocycles. The van der Waals surface area contributed by atoms with E-state index in [1.54, 1.807) is 0 Å². The van der Waals surface area contributed by atoms with Crippen LogP contribution >= 0.6 is 0 Å². The summed E-state index contributed by atoms with van der Waals surface area (Å²) < 4.78 is 0. The molecule has 11 N–H and O–H groups in total. The molecule has 8 bridgehead atoms. The van der Waals surface area contributed by atoms with Gasteiger partial charge in [0.2, 0.25) is 0 Å². The van der Waals surface area contributed by atoms with Crippen LogP contribution in [0.1, 0.15) is 103 Å². The number of H-pyrrole nitrogens is 2. The second-order valence-electron chi connectivity index (χ2n) is 14.0. The molecule has 0 spiro atoms. The zero-order chi connectivity index (χ0) is 44.9. The zero-order valence-electron chi connectivity index (χ0n) is 31.9. The van der Waals surface area contributed by atoms with Crippen LogP contribution in [0.2, 0.25) is 0 Å². The summed E-state index contributed by atoms with van der Waals surface area (Å²) in [5.74, 6) is -11.0. The number of carboxylic acids is 8. The van der Waals surface area contributed by atoms with Crippen LogP contribution in [0.3, 0.4) is 0 Å². The van der Waals surface area contributed by atoms with Crippen molar-refractivity contribution in [1.29, 1.82) is 0 Å². The molecule has 2 aliphatic rings. The molecular formula is C40H38N4O17. The minimum Gasteiger partial charge on any atom is -0.481 e. The summed E-state index contributed by atoms with van der Waals surface area (Å²) in [5.41, 5.74) is -0.725. The van der Waals surface area contributed by atoms with Crippen LogP contribution < -0.4 is 0 Å². The number of fused-ring (bicyclic) bond motifs is 8. The number of aromatic amines is 2. The predicted octanol–water partition coefficient (Wildman–Crippen LogP) is 3.59. The third kappa shape index (κ3) is 10.5. The Balaban J connectivity index is 2.12. The van der Waals surface area contributed by atoms with Gasteiger partial charge in [0.15, 0.2) is 6.10 Å². The van der Waals surface area contributed by atoms with Crippen molar-refractivity contribution in [2.45, 2.75) is 76.7 Å². The fourth-order valence-electron chi connectivity index (χ4n) is 7.40. The van der Waals surface area contributed by atoms with Crippen molar-refractivity contribution >= 4 is 92.1 Å². The molecule has 0 aliphatic carbocycles. The van der Waals surface area contributed by atoms with E-state index in [4.69, 9.17) is 0 Å². The van der Waals surface area contributed by atoms with E-state index in [0.717, 1.165) is 0 Å². The maximum atomic E-state index is 12.4. The number of carbonyl (C=O) groups is 8. The van der Waals surface area contributed by atoms with E-state index in [2.05, 4.69) is 19.9 Å². The van der Waals surface area contributed by atoms with Gasteiger partial charge in [-0.3, -0.25) is 33.6 Å². The quantitative estimate of drug-likeness (QED) is 0.0773. The predicted molar refractivity (Wildman–Crippen MR) is 209 cm³/mol. The van der Waals surface area contributed by atoms with Gasteiger partial charge in [-0.2, -0.15) is 0 Å². The molecule has 21 nitrogen and oxygen atoms in total. The van der Waals surface area contributed by atoms with Crippen LogP contribution in [0.25, 0.3) is 44.4 Å². The number of hydrogen-bond acceptors (Lipinski definition) is 11. The van der Waals surface area contributed by atoms with E-state index in [1.165, 1.54) is 24.3 Å². The first kappa shape index (κ1) is 44.4. The Morgan fingerprint density at radius 1 is 0.426 bits per heavy atom. The van der Waals surface area contributed by atoms with Crippen molar-refractivity contribution in [3.8, 4) is 0 Å². The molecular weight excluding hydrogens is 808 g/mol. The third-order valence-electron chi connectivity index (χ3n) is 9.91. The lowest BCUT2D eigenvalue weighted by Crippen LogP contribution is -2.12. The van der Waals surface area contributed by atoms with Gasteiger partial charge in [0.25, 0.3) is 0 Å². The number of aromatic nitrogens is 4. The Bertz CT molecular complexity index is 2630. The average Bonchev–Trinajstić information content (AvgIpc) is 3.84. The first-order valence-corrected chi connectivity index (χ1v) is 18.4. The molecule has 3 aromatic rings. The lowest BCUT2D eigenvalue weighted by atomic mass is 9.95. The molecule has 61 heavy (non-hydrogen) atoms. The van der Waals surface area contributed by atoms with Crippen LogP contribution in [-0.2, 0) is 57.6 Å². The van der Waals surface area contributed by atoms with Crippen molar-refractivity contribution in [2.24, 2.45) is 0 Å².